The molecule has 0 aromatic heterocycles. The summed E-state index contributed by atoms with van der Waals surface area (Å²) in [6, 6.07) is 20.1. The molecule has 0 aliphatic heterocycles. The van der Waals surface area contributed by atoms with Gasteiger partial charge in [0.1, 0.15) is 18.2 Å². The second kappa shape index (κ2) is 12.3. The Balaban J connectivity index is 1.59. The maximum absolute atomic E-state index is 13.9. The van der Waals surface area contributed by atoms with Gasteiger partial charge in [0.25, 0.3) is 5.91 Å². The molecule has 0 bridgehead atoms. The number of carbonyl (C=O) groups excluding carboxylic acids is 1. The van der Waals surface area contributed by atoms with Gasteiger partial charge in [-0.05, 0) is 59.8 Å². The highest BCUT2D eigenvalue weighted by Gasteiger charge is 2.29. The van der Waals surface area contributed by atoms with Crippen LogP contribution in [0.4, 0.5) is 4.39 Å². The molecule has 0 saturated heterocycles. The quantitative estimate of drug-likeness (QED) is 0.229. The number of ether oxygens (including phenoxy) is 2. The van der Waals surface area contributed by atoms with Crippen molar-refractivity contribution in [3.05, 3.63) is 111 Å². The standard InChI is InChI=1S/C29H24Cl2FNO5/c1-17(37-15-18-5-3-2-4-6-18)26(29(35)36)33-28(34)23-10-8-20-14-21(32)9-11-22(20)27(23)38-16-19-7-12-24(30)25(31)13-19/h2-14,17,26H,15-16H2,1H3,(H,33,34)(H,35,36)/t17-,26+/m1/s1. The summed E-state index contributed by atoms with van der Waals surface area (Å²) in [6.07, 6.45) is -0.841. The fourth-order valence-electron chi connectivity index (χ4n) is 3.89. The smallest absolute Gasteiger partial charge is 0.328 e. The second-order valence-electron chi connectivity index (χ2n) is 8.64. The van der Waals surface area contributed by atoms with Gasteiger partial charge in [0.05, 0.1) is 28.3 Å². The number of rotatable bonds is 10. The van der Waals surface area contributed by atoms with Gasteiger partial charge in [-0.2, -0.15) is 0 Å². The first-order valence-electron chi connectivity index (χ1n) is 11.7. The van der Waals surface area contributed by atoms with E-state index >= 15 is 0 Å². The number of hydrogen-bond acceptors (Lipinski definition) is 4. The summed E-state index contributed by atoms with van der Waals surface area (Å²) < 4.78 is 25.7. The number of benzene rings is 4. The number of hydrogen-bond donors (Lipinski definition) is 2. The van der Waals surface area contributed by atoms with Crippen molar-refractivity contribution in [2.75, 3.05) is 0 Å². The third-order valence-electron chi connectivity index (χ3n) is 5.92. The van der Waals surface area contributed by atoms with Crippen LogP contribution in [0.25, 0.3) is 10.8 Å². The van der Waals surface area contributed by atoms with E-state index in [1.807, 2.05) is 30.3 Å². The van der Waals surface area contributed by atoms with Crippen LogP contribution in [0.5, 0.6) is 5.75 Å². The van der Waals surface area contributed by atoms with Crippen LogP contribution in [0, 0.1) is 5.82 Å². The molecule has 38 heavy (non-hydrogen) atoms. The third-order valence-corrected chi connectivity index (χ3v) is 6.66. The van der Waals surface area contributed by atoms with Gasteiger partial charge < -0.3 is 19.9 Å². The van der Waals surface area contributed by atoms with Gasteiger partial charge in [-0.25, -0.2) is 9.18 Å². The molecule has 0 aliphatic carbocycles. The van der Waals surface area contributed by atoms with E-state index in [-0.39, 0.29) is 24.5 Å². The van der Waals surface area contributed by atoms with Gasteiger partial charge in [0.2, 0.25) is 0 Å². The molecular formula is C29H24Cl2FNO5. The number of carboxylic acids is 1. The van der Waals surface area contributed by atoms with Crippen LogP contribution in [-0.4, -0.2) is 29.1 Å². The Bertz CT molecular complexity index is 1460. The Morgan fingerprint density at radius 3 is 2.39 bits per heavy atom. The van der Waals surface area contributed by atoms with Crippen molar-refractivity contribution in [1.29, 1.82) is 0 Å². The average Bonchev–Trinajstić information content (AvgIpc) is 2.90. The van der Waals surface area contributed by atoms with Crippen molar-refractivity contribution >= 4 is 45.9 Å². The molecule has 4 aromatic carbocycles. The lowest BCUT2D eigenvalue weighted by molar-refractivity contribution is -0.143. The molecule has 6 nitrogen and oxygen atoms in total. The van der Waals surface area contributed by atoms with E-state index in [4.69, 9.17) is 32.7 Å². The summed E-state index contributed by atoms with van der Waals surface area (Å²) in [5.74, 6) is -2.20. The maximum Gasteiger partial charge on any atom is 0.328 e. The largest absolute Gasteiger partial charge is 0.487 e. The Labute approximate surface area is 228 Å². The highest BCUT2D eigenvalue weighted by Crippen LogP contribution is 2.32. The van der Waals surface area contributed by atoms with Crippen LogP contribution < -0.4 is 10.1 Å². The second-order valence-corrected chi connectivity index (χ2v) is 9.45. The minimum atomic E-state index is -1.34. The minimum absolute atomic E-state index is 0.0343. The van der Waals surface area contributed by atoms with Crippen LogP contribution in [0.3, 0.4) is 0 Å². The van der Waals surface area contributed by atoms with Crippen molar-refractivity contribution in [2.45, 2.75) is 32.3 Å². The molecule has 196 valence electrons. The Kier molecular flexibility index (Phi) is 8.84. The molecule has 9 heteroatoms. The molecule has 4 rings (SSSR count). The van der Waals surface area contributed by atoms with Crippen LogP contribution >= 0.6 is 23.2 Å². The fourth-order valence-corrected chi connectivity index (χ4v) is 4.21. The van der Waals surface area contributed by atoms with Gasteiger partial charge >= 0.3 is 5.97 Å². The van der Waals surface area contributed by atoms with Crippen molar-refractivity contribution in [2.24, 2.45) is 0 Å². The summed E-state index contributed by atoms with van der Waals surface area (Å²) >= 11 is 12.1. The predicted octanol–water partition coefficient (Wildman–Crippen LogP) is 6.65. The lowest BCUT2D eigenvalue weighted by Crippen LogP contribution is -2.48. The van der Waals surface area contributed by atoms with Gasteiger partial charge in [-0.1, -0.05) is 65.7 Å². The highest BCUT2D eigenvalue weighted by molar-refractivity contribution is 6.42. The number of aliphatic carboxylic acids is 1. The predicted molar refractivity (Wildman–Crippen MR) is 144 cm³/mol. The molecule has 0 aliphatic rings. The third kappa shape index (κ3) is 6.61. The molecule has 4 aromatic rings. The molecule has 0 fully saturated rings. The first-order chi connectivity index (χ1) is 18.2. The van der Waals surface area contributed by atoms with E-state index in [1.165, 1.54) is 24.3 Å². The van der Waals surface area contributed by atoms with Crippen LogP contribution in [0.15, 0.2) is 78.9 Å². The van der Waals surface area contributed by atoms with Crippen LogP contribution in [0.2, 0.25) is 10.0 Å². The molecule has 2 N–H and O–H groups in total. The van der Waals surface area contributed by atoms with Crippen LogP contribution in [-0.2, 0) is 22.7 Å². The van der Waals surface area contributed by atoms with Crippen molar-refractivity contribution in [3.8, 4) is 5.75 Å². The molecule has 0 spiro atoms. The van der Waals surface area contributed by atoms with E-state index in [1.54, 1.807) is 31.2 Å². The van der Waals surface area contributed by atoms with Gasteiger partial charge in [0.15, 0.2) is 6.04 Å². The number of halogens is 3. The monoisotopic (exact) mass is 555 g/mol. The van der Waals surface area contributed by atoms with Crippen molar-refractivity contribution in [1.82, 2.24) is 5.32 Å². The van der Waals surface area contributed by atoms with E-state index in [9.17, 15) is 19.1 Å². The molecule has 0 unspecified atom stereocenters. The van der Waals surface area contributed by atoms with Gasteiger partial charge in [-0.3, -0.25) is 4.79 Å². The zero-order valence-corrected chi connectivity index (χ0v) is 21.8. The van der Waals surface area contributed by atoms with Gasteiger partial charge in [-0.15, -0.1) is 0 Å². The van der Waals surface area contributed by atoms with Crippen LogP contribution in [0.1, 0.15) is 28.4 Å². The zero-order valence-electron chi connectivity index (χ0n) is 20.3. The summed E-state index contributed by atoms with van der Waals surface area (Å²) in [7, 11) is 0. The average molecular weight is 556 g/mol. The molecule has 2 atom stereocenters. The summed E-state index contributed by atoms with van der Waals surface area (Å²) in [6.45, 7) is 1.79. The number of fused-ring (bicyclic) bond motifs is 1. The Hall–Kier alpha value is -3.65. The van der Waals surface area contributed by atoms with E-state index in [0.29, 0.717) is 26.4 Å². The maximum atomic E-state index is 13.9. The molecule has 0 saturated carbocycles. The summed E-state index contributed by atoms with van der Waals surface area (Å²) in [5.41, 5.74) is 1.65. The number of nitrogens with one attached hydrogen (secondary N) is 1. The summed E-state index contributed by atoms with van der Waals surface area (Å²) in [4.78, 5) is 25.4. The van der Waals surface area contributed by atoms with E-state index in [0.717, 1.165) is 5.56 Å². The number of amides is 1. The molecule has 0 radical (unpaired) electrons. The molecular weight excluding hydrogens is 532 g/mol. The first kappa shape index (κ1) is 27.4. The minimum Gasteiger partial charge on any atom is -0.487 e. The van der Waals surface area contributed by atoms with E-state index in [2.05, 4.69) is 5.32 Å². The topological polar surface area (TPSA) is 84.9 Å². The first-order valence-corrected chi connectivity index (χ1v) is 12.5. The van der Waals surface area contributed by atoms with Gasteiger partial charge in [0, 0.05) is 5.39 Å². The Morgan fingerprint density at radius 1 is 0.921 bits per heavy atom. The fraction of sp³-hybridized carbons (Fsp3) is 0.172. The number of carbonyl (C=O) groups is 2. The lowest BCUT2D eigenvalue weighted by atomic mass is 10.0. The van der Waals surface area contributed by atoms with Crippen molar-refractivity contribution < 1.29 is 28.6 Å². The van der Waals surface area contributed by atoms with E-state index < -0.39 is 29.8 Å². The lowest BCUT2D eigenvalue weighted by Gasteiger charge is -2.23. The molecule has 1 amide bonds. The number of carboxylic acid groups (broad SMARTS) is 1. The Morgan fingerprint density at radius 2 is 1.68 bits per heavy atom. The molecule has 0 heterocycles. The summed E-state index contributed by atoms with van der Waals surface area (Å²) in [5, 5.41) is 14.1. The normalized spacial score (nSPS) is 12.6. The van der Waals surface area contributed by atoms with Crippen molar-refractivity contribution in [3.63, 3.8) is 0 Å². The highest BCUT2D eigenvalue weighted by atomic mass is 35.5. The SMILES string of the molecule is C[C@@H](OCc1ccccc1)[C@H](NC(=O)c1ccc2cc(F)ccc2c1OCc1ccc(Cl)c(Cl)c1)C(=O)O. The zero-order chi connectivity index (χ0) is 27.2.